The number of carbonyl (C=O) groups excluding carboxylic acids is 1. The largest absolute Gasteiger partial charge is 0.325 e. The fourth-order valence-corrected chi connectivity index (χ4v) is 3.15. The molecule has 0 saturated carbocycles. The summed E-state index contributed by atoms with van der Waals surface area (Å²) in [6.07, 6.45) is 2.46. The Kier molecular flexibility index (Phi) is 4.43. The molecule has 0 radical (unpaired) electrons. The third-order valence-corrected chi connectivity index (χ3v) is 4.82. The first-order valence-corrected chi connectivity index (χ1v) is 9.33. The molecule has 0 atom stereocenters. The quantitative estimate of drug-likeness (QED) is 0.538. The molecule has 1 N–H and O–H groups in total. The number of sulfone groups is 1. The van der Waals surface area contributed by atoms with Gasteiger partial charge in [-0.05, 0) is 30.3 Å². The lowest BCUT2D eigenvalue weighted by molar-refractivity contribution is -0.383. The van der Waals surface area contributed by atoms with Crippen molar-refractivity contribution in [2.75, 3.05) is 11.6 Å². The van der Waals surface area contributed by atoms with Gasteiger partial charge in [-0.15, -0.1) is 0 Å². The van der Waals surface area contributed by atoms with Crippen LogP contribution in [0.4, 0.5) is 11.4 Å². The first-order chi connectivity index (χ1) is 12.3. The van der Waals surface area contributed by atoms with Gasteiger partial charge in [0.2, 0.25) is 5.91 Å². The van der Waals surface area contributed by atoms with Crippen molar-refractivity contribution in [1.29, 1.82) is 0 Å². The van der Waals surface area contributed by atoms with Crippen LogP contribution >= 0.6 is 0 Å². The molecule has 26 heavy (non-hydrogen) atoms. The van der Waals surface area contributed by atoms with Gasteiger partial charge in [-0.2, -0.15) is 0 Å². The highest BCUT2D eigenvalue weighted by Gasteiger charge is 2.18. The number of hydrogen-bond donors (Lipinski definition) is 1. The number of carbonyl (C=O) groups is 1. The van der Waals surface area contributed by atoms with Crippen LogP contribution in [0.15, 0.2) is 53.7 Å². The summed E-state index contributed by atoms with van der Waals surface area (Å²) in [4.78, 5) is 27.1. The van der Waals surface area contributed by atoms with E-state index in [2.05, 4.69) is 10.3 Å². The van der Waals surface area contributed by atoms with Crippen molar-refractivity contribution in [3.05, 3.63) is 58.9 Å². The van der Waals surface area contributed by atoms with E-state index in [-0.39, 0.29) is 22.6 Å². The second-order valence-electron chi connectivity index (χ2n) is 5.62. The van der Waals surface area contributed by atoms with E-state index < -0.39 is 20.7 Å². The number of imidazole rings is 1. The number of non-ortho nitro benzene ring substituents is 1. The highest BCUT2D eigenvalue weighted by Crippen LogP contribution is 2.24. The molecule has 0 bridgehead atoms. The third kappa shape index (κ3) is 3.54. The molecule has 0 aliphatic rings. The molecule has 1 amide bonds. The Balaban J connectivity index is 1.81. The summed E-state index contributed by atoms with van der Waals surface area (Å²) < 4.78 is 24.3. The van der Waals surface area contributed by atoms with Gasteiger partial charge in [0.25, 0.3) is 5.69 Å². The van der Waals surface area contributed by atoms with Gasteiger partial charge in [-0.1, -0.05) is 6.07 Å². The van der Waals surface area contributed by atoms with Gasteiger partial charge in [-0.3, -0.25) is 14.9 Å². The Bertz CT molecular complexity index is 1100. The lowest BCUT2D eigenvalue weighted by Crippen LogP contribution is -2.18. The van der Waals surface area contributed by atoms with E-state index in [1.807, 2.05) is 0 Å². The maximum atomic E-state index is 12.2. The molecule has 0 aliphatic heterocycles. The second-order valence-corrected chi connectivity index (χ2v) is 7.63. The molecule has 1 aromatic heterocycles. The number of fused-ring (bicyclic) bond motifs is 1. The number of rotatable bonds is 5. The molecule has 3 aromatic rings. The number of nitro benzene ring substituents is 1. The molecule has 9 nitrogen and oxygen atoms in total. The molecule has 0 unspecified atom stereocenters. The predicted molar refractivity (Wildman–Crippen MR) is 94.6 cm³/mol. The zero-order valence-corrected chi connectivity index (χ0v) is 14.4. The molecule has 3 rings (SSSR count). The highest BCUT2D eigenvalue weighted by atomic mass is 32.2. The van der Waals surface area contributed by atoms with Crippen LogP contribution in [-0.4, -0.2) is 35.1 Å². The Morgan fingerprint density at radius 2 is 1.92 bits per heavy atom. The van der Waals surface area contributed by atoms with Crippen LogP contribution < -0.4 is 5.32 Å². The average molecular weight is 374 g/mol. The van der Waals surface area contributed by atoms with Crippen LogP contribution in [-0.2, 0) is 21.2 Å². The topological polar surface area (TPSA) is 124 Å². The summed E-state index contributed by atoms with van der Waals surface area (Å²) in [6.45, 7) is -0.171. The molecule has 2 aromatic carbocycles. The molecular formula is C16H14N4O5S. The maximum absolute atomic E-state index is 12.2. The summed E-state index contributed by atoms with van der Waals surface area (Å²) in [5, 5.41) is 13.8. The summed E-state index contributed by atoms with van der Waals surface area (Å²) >= 11 is 0. The van der Waals surface area contributed by atoms with Gasteiger partial charge in [-0.25, -0.2) is 13.4 Å². The van der Waals surface area contributed by atoms with Crippen molar-refractivity contribution < 1.29 is 18.1 Å². The normalized spacial score (nSPS) is 11.4. The monoisotopic (exact) mass is 374 g/mol. The number of hydrogen-bond acceptors (Lipinski definition) is 6. The number of nitro groups is 1. The van der Waals surface area contributed by atoms with Gasteiger partial charge >= 0.3 is 0 Å². The summed E-state index contributed by atoms with van der Waals surface area (Å²) in [6, 6.07) is 10.2. The van der Waals surface area contributed by atoms with Crippen molar-refractivity contribution in [2.45, 2.75) is 11.4 Å². The van der Waals surface area contributed by atoms with E-state index in [0.29, 0.717) is 11.2 Å². The fourth-order valence-electron chi connectivity index (χ4n) is 2.52. The lowest BCUT2D eigenvalue weighted by Gasteiger charge is -2.07. The summed E-state index contributed by atoms with van der Waals surface area (Å²) in [5.74, 6) is -0.422. The Hall–Kier alpha value is -3.27. The van der Waals surface area contributed by atoms with Crippen LogP contribution in [0.3, 0.4) is 0 Å². The molecule has 0 fully saturated rings. The first kappa shape index (κ1) is 17.5. The number of nitrogens with one attached hydrogen (secondary N) is 1. The molecule has 0 saturated heterocycles. The number of nitrogens with zero attached hydrogens (tertiary/aromatic N) is 3. The van der Waals surface area contributed by atoms with E-state index in [4.69, 9.17) is 0 Å². The maximum Gasteiger partial charge on any atom is 0.295 e. The van der Waals surface area contributed by atoms with Crippen molar-refractivity contribution in [2.24, 2.45) is 0 Å². The Morgan fingerprint density at radius 1 is 1.23 bits per heavy atom. The number of amides is 1. The zero-order chi connectivity index (χ0) is 18.9. The van der Waals surface area contributed by atoms with Crippen molar-refractivity contribution in [3.63, 3.8) is 0 Å². The van der Waals surface area contributed by atoms with Crippen LogP contribution in [0, 0.1) is 10.1 Å². The van der Waals surface area contributed by atoms with Crippen molar-refractivity contribution >= 4 is 38.2 Å². The zero-order valence-electron chi connectivity index (χ0n) is 13.6. The van der Waals surface area contributed by atoms with Gasteiger partial charge in [0.1, 0.15) is 12.1 Å². The van der Waals surface area contributed by atoms with Crippen LogP contribution in [0.25, 0.3) is 11.0 Å². The SMILES string of the molecule is CS(=O)(=O)c1ccc(NC(=O)Cn2cnc3cccc([N+](=O)[O-])c32)cc1. The molecule has 0 aliphatic carbocycles. The van der Waals surface area contributed by atoms with E-state index in [0.717, 1.165) is 6.26 Å². The summed E-state index contributed by atoms with van der Waals surface area (Å²) in [7, 11) is -3.32. The molecule has 134 valence electrons. The highest BCUT2D eigenvalue weighted by molar-refractivity contribution is 7.90. The van der Waals surface area contributed by atoms with Gasteiger partial charge in [0, 0.05) is 18.0 Å². The van der Waals surface area contributed by atoms with Gasteiger partial charge < -0.3 is 9.88 Å². The number of benzene rings is 2. The Labute approximate surface area is 148 Å². The van der Waals surface area contributed by atoms with E-state index >= 15 is 0 Å². The van der Waals surface area contributed by atoms with E-state index in [1.165, 1.54) is 47.3 Å². The second kappa shape index (κ2) is 6.56. The molecule has 0 spiro atoms. The van der Waals surface area contributed by atoms with E-state index in [1.54, 1.807) is 6.07 Å². The first-order valence-electron chi connectivity index (χ1n) is 7.44. The number of para-hydroxylation sites is 1. The lowest BCUT2D eigenvalue weighted by atomic mass is 10.2. The summed E-state index contributed by atoms with van der Waals surface area (Å²) in [5.41, 5.74) is 0.969. The molecule has 10 heteroatoms. The molecule has 1 heterocycles. The van der Waals surface area contributed by atoms with Crippen LogP contribution in [0.5, 0.6) is 0 Å². The van der Waals surface area contributed by atoms with Crippen molar-refractivity contribution in [1.82, 2.24) is 9.55 Å². The standard InChI is InChI=1S/C16H14N4O5S/c1-26(24,25)12-7-5-11(6-8-12)18-15(21)9-19-10-17-13-3-2-4-14(16(13)19)20(22)23/h2-8,10H,9H2,1H3,(H,18,21). The third-order valence-electron chi connectivity index (χ3n) is 3.69. The van der Waals surface area contributed by atoms with Gasteiger partial charge in [0.05, 0.1) is 21.7 Å². The van der Waals surface area contributed by atoms with E-state index in [9.17, 15) is 23.3 Å². The average Bonchev–Trinajstić information content (AvgIpc) is 2.97. The minimum atomic E-state index is -3.32. The minimum Gasteiger partial charge on any atom is -0.325 e. The predicted octanol–water partition coefficient (Wildman–Crippen LogP) is 1.99. The minimum absolute atomic E-state index is 0.134. The fraction of sp³-hybridized carbons (Fsp3) is 0.125. The molecular weight excluding hydrogens is 360 g/mol. The smallest absolute Gasteiger partial charge is 0.295 e. The van der Waals surface area contributed by atoms with Crippen LogP contribution in [0.1, 0.15) is 0 Å². The number of aromatic nitrogens is 2. The van der Waals surface area contributed by atoms with Crippen LogP contribution in [0.2, 0.25) is 0 Å². The van der Waals surface area contributed by atoms with Gasteiger partial charge in [0.15, 0.2) is 9.84 Å². The number of anilines is 1. The van der Waals surface area contributed by atoms with Crippen molar-refractivity contribution in [3.8, 4) is 0 Å². The Morgan fingerprint density at radius 3 is 2.54 bits per heavy atom.